The second-order valence-electron chi connectivity index (χ2n) is 10.2. The summed E-state index contributed by atoms with van der Waals surface area (Å²) in [7, 11) is 0. The first-order valence-corrected chi connectivity index (χ1v) is 14.5. The molecule has 6 nitrogen and oxygen atoms in total. The van der Waals surface area contributed by atoms with Crippen molar-refractivity contribution in [3.8, 4) is 0 Å². The lowest BCUT2D eigenvalue weighted by molar-refractivity contribution is -0.0533. The quantitative estimate of drug-likeness (QED) is 0.268. The third-order valence-corrected chi connectivity index (χ3v) is 6.70. The molecule has 1 aliphatic rings. The van der Waals surface area contributed by atoms with Crippen LogP contribution in [-0.4, -0.2) is 110 Å². The normalized spacial score (nSPS) is 16.6. The largest absolute Gasteiger partial charge is 0.303 e. The molecule has 1 fully saturated rings. The van der Waals surface area contributed by atoms with Gasteiger partial charge in [-0.1, -0.05) is 41.5 Å². The van der Waals surface area contributed by atoms with E-state index in [0.717, 1.165) is 19.0 Å². The van der Waals surface area contributed by atoms with E-state index in [9.17, 15) is 0 Å². The summed E-state index contributed by atoms with van der Waals surface area (Å²) in [6.07, 6.45) is 8.83. The van der Waals surface area contributed by atoms with Crippen molar-refractivity contribution in [2.24, 2.45) is 5.92 Å². The second-order valence-corrected chi connectivity index (χ2v) is 10.2. The predicted molar refractivity (Wildman–Crippen MR) is 145 cm³/mol. The standard InChI is InChI=1S/C27H60N6/c1-7-14-29(15-8-2)20-13-27-25-32(23-21-30(16-9-3)17-10-4)28-33(26-27)24-22-31(18-11-5)19-12-6/h27-28H,7-26H2,1-6H3. The van der Waals surface area contributed by atoms with E-state index in [0.29, 0.717) is 0 Å². The Hall–Kier alpha value is -0.240. The summed E-state index contributed by atoms with van der Waals surface area (Å²) < 4.78 is 0. The molecule has 1 N–H and O–H groups in total. The Bertz CT molecular complexity index is 349. The number of nitrogens with one attached hydrogen (secondary N) is 1. The predicted octanol–water partition coefficient (Wildman–Crippen LogP) is 4.40. The van der Waals surface area contributed by atoms with Crippen LogP contribution in [0.2, 0.25) is 0 Å². The molecular formula is C27H60N6. The molecule has 0 radical (unpaired) electrons. The van der Waals surface area contributed by atoms with Crippen LogP contribution in [0.5, 0.6) is 0 Å². The van der Waals surface area contributed by atoms with Gasteiger partial charge in [0.2, 0.25) is 0 Å². The van der Waals surface area contributed by atoms with Crippen LogP contribution in [0.3, 0.4) is 0 Å². The smallest absolute Gasteiger partial charge is 0.0272 e. The Balaban J connectivity index is 2.69. The molecule has 1 heterocycles. The van der Waals surface area contributed by atoms with E-state index in [1.807, 2.05) is 0 Å². The molecule has 0 unspecified atom stereocenters. The molecule has 0 aromatic rings. The van der Waals surface area contributed by atoms with Crippen molar-refractivity contribution in [2.45, 2.75) is 86.5 Å². The first-order valence-electron chi connectivity index (χ1n) is 14.5. The van der Waals surface area contributed by atoms with Gasteiger partial charge in [0.1, 0.15) is 0 Å². The molecule has 1 saturated heterocycles. The van der Waals surface area contributed by atoms with Crippen molar-refractivity contribution >= 4 is 0 Å². The van der Waals surface area contributed by atoms with Crippen molar-refractivity contribution < 1.29 is 0 Å². The topological polar surface area (TPSA) is 28.2 Å². The lowest BCUT2D eigenvalue weighted by Gasteiger charge is -2.42. The summed E-state index contributed by atoms with van der Waals surface area (Å²) in [4.78, 5) is 7.97. The zero-order valence-electron chi connectivity index (χ0n) is 23.5. The van der Waals surface area contributed by atoms with Gasteiger partial charge >= 0.3 is 0 Å². The molecule has 0 aromatic carbocycles. The van der Waals surface area contributed by atoms with Gasteiger partial charge in [-0.05, 0) is 96.7 Å². The van der Waals surface area contributed by atoms with Gasteiger partial charge in [-0.3, -0.25) is 0 Å². The Kier molecular flexibility index (Phi) is 18.7. The van der Waals surface area contributed by atoms with Gasteiger partial charge in [-0.15, -0.1) is 0 Å². The summed E-state index contributed by atoms with van der Waals surface area (Å²) in [5, 5.41) is 5.06. The third-order valence-electron chi connectivity index (χ3n) is 6.70. The van der Waals surface area contributed by atoms with Crippen molar-refractivity contribution in [1.82, 2.24) is 30.3 Å². The number of hydrogen-bond donors (Lipinski definition) is 1. The summed E-state index contributed by atoms with van der Waals surface area (Å²) in [6.45, 7) is 29.4. The molecule has 6 heteroatoms. The first-order chi connectivity index (χ1) is 16.1. The van der Waals surface area contributed by atoms with Gasteiger partial charge in [0, 0.05) is 39.3 Å². The highest BCUT2D eigenvalue weighted by atomic mass is 15.8. The number of nitrogens with zero attached hydrogens (tertiary/aromatic N) is 5. The van der Waals surface area contributed by atoms with E-state index < -0.39 is 0 Å². The average Bonchev–Trinajstić information content (AvgIpc) is 2.80. The molecule has 1 rings (SSSR count). The van der Waals surface area contributed by atoms with Crippen LogP contribution in [0, 0.1) is 5.92 Å². The zero-order valence-corrected chi connectivity index (χ0v) is 23.5. The minimum atomic E-state index is 0.749. The van der Waals surface area contributed by atoms with Gasteiger partial charge in [0.25, 0.3) is 0 Å². The maximum absolute atomic E-state index is 3.80. The molecule has 0 saturated carbocycles. The van der Waals surface area contributed by atoms with Crippen LogP contribution in [0.1, 0.15) is 86.5 Å². The van der Waals surface area contributed by atoms with E-state index in [1.165, 1.54) is 117 Å². The van der Waals surface area contributed by atoms with Gasteiger partial charge in [0.15, 0.2) is 0 Å². The Morgan fingerprint density at radius 2 is 0.848 bits per heavy atom. The van der Waals surface area contributed by atoms with Crippen molar-refractivity contribution in [3.63, 3.8) is 0 Å². The fourth-order valence-corrected chi connectivity index (χ4v) is 5.22. The zero-order chi connectivity index (χ0) is 24.3. The minimum absolute atomic E-state index is 0.749. The van der Waals surface area contributed by atoms with E-state index in [2.05, 4.69) is 71.8 Å². The van der Waals surface area contributed by atoms with E-state index in [4.69, 9.17) is 0 Å². The number of rotatable bonds is 21. The average molecular weight is 469 g/mol. The summed E-state index contributed by atoms with van der Waals surface area (Å²) in [6, 6.07) is 0. The molecule has 33 heavy (non-hydrogen) atoms. The van der Waals surface area contributed by atoms with Crippen molar-refractivity contribution in [1.29, 1.82) is 0 Å². The van der Waals surface area contributed by atoms with Crippen LogP contribution in [0.25, 0.3) is 0 Å². The van der Waals surface area contributed by atoms with Gasteiger partial charge in [0.05, 0.1) is 0 Å². The van der Waals surface area contributed by atoms with Gasteiger partial charge in [-0.2, -0.15) is 5.53 Å². The van der Waals surface area contributed by atoms with Crippen LogP contribution < -0.4 is 5.53 Å². The summed E-state index contributed by atoms with van der Waals surface area (Å²) >= 11 is 0. The fourth-order valence-electron chi connectivity index (χ4n) is 5.22. The number of hydrazine groups is 2. The third kappa shape index (κ3) is 14.0. The monoisotopic (exact) mass is 468 g/mol. The van der Waals surface area contributed by atoms with Crippen LogP contribution in [0.4, 0.5) is 0 Å². The van der Waals surface area contributed by atoms with Crippen LogP contribution >= 0.6 is 0 Å². The Morgan fingerprint density at radius 3 is 1.18 bits per heavy atom. The molecule has 0 atom stereocenters. The lowest BCUT2D eigenvalue weighted by Crippen LogP contribution is -2.61. The van der Waals surface area contributed by atoms with Crippen molar-refractivity contribution in [2.75, 3.05) is 85.1 Å². The van der Waals surface area contributed by atoms with Crippen LogP contribution in [-0.2, 0) is 0 Å². The minimum Gasteiger partial charge on any atom is -0.303 e. The molecule has 1 aliphatic heterocycles. The lowest BCUT2D eigenvalue weighted by atomic mass is 10.0. The highest BCUT2D eigenvalue weighted by Gasteiger charge is 2.26. The molecule has 198 valence electrons. The molecule has 0 spiro atoms. The molecule has 0 bridgehead atoms. The van der Waals surface area contributed by atoms with Gasteiger partial charge in [-0.25, -0.2) is 10.0 Å². The first kappa shape index (κ1) is 30.8. The maximum atomic E-state index is 3.80. The SMILES string of the molecule is CCCN(CCC)CCC1CN(CCN(CCC)CCC)NN(CCN(CCC)CCC)C1. The summed E-state index contributed by atoms with van der Waals surface area (Å²) in [5.41, 5.74) is 3.80. The second kappa shape index (κ2) is 20.0. The Labute approximate surface area is 208 Å². The van der Waals surface area contributed by atoms with Gasteiger partial charge < -0.3 is 14.7 Å². The number of hydrogen-bond acceptors (Lipinski definition) is 6. The molecule has 0 aromatic heterocycles. The molecule has 0 amide bonds. The summed E-state index contributed by atoms with van der Waals surface area (Å²) in [5.74, 6) is 0.749. The van der Waals surface area contributed by atoms with E-state index in [-0.39, 0.29) is 0 Å². The molecule has 0 aliphatic carbocycles. The van der Waals surface area contributed by atoms with Crippen LogP contribution in [0.15, 0.2) is 0 Å². The van der Waals surface area contributed by atoms with Crippen molar-refractivity contribution in [3.05, 3.63) is 0 Å². The van der Waals surface area contributed by atoms with E-state index in [1.54, 1.807) is 0 Å². The van der Waals surface area contributed by atoms with E-state index >= 15 is 0 Å². The highest BCUT2D eigenvalue weighted by Crippen LogP contribution is 2.14. The molecular weight excluding hydrogens is 408 g/mol. The fraction of sp³-hybridized carbons (Fsp3) is 1.00. The Morgan fingerprint density at radius 1 is 0.515 bits per heavy atom. The highest BCUT2D eigenvalue weighted by molar-refractivity contribution is 4.76. The maximum Gasteiger partial charge on any atom is 0.0272 e.